The molecule has 10 rings (SSSR count). The summed E-state index contributed by atoms with van der Waals surface area (Å²) in [5.74, 6) is -0.700. The molecule has 352 valence electrons. The van der Waals surface area contributed by atoms with Gasteiger partial charge in [0.2, 0.25) is 0 Å². The highest BCUT2D eigenvalue weighted by Crippen LogP contribution is 2.54. The second kappa shape index (κ2) is 21.1. The summed E-state index contributed by atoms with van der Waals surface area (Å²) in [5.41, 5.74) is 16.1. The lowest BCUT2D eigenvalue weighted by atomic mass is 9.94. The predicted molar refractivity (Wildman–Crippen MR) is 293 cm³/mol. The van der Waals surface area contributed by atoms with Crippen LogP contribution < -0.4 is 4.90 Å². The highest BCUT2D eigenvalue weighted by molar-refractivity contribution is 7.19. The van der Waals surface area contributed by atoms with Crippen LogP contribution in [0.4, 0.5) is 11.4 Å². The third kappa shape index (κ3) is 9.50. The zero-order valence-corrected chi connectivity index (χ0v) is 42.1. The van der Waals surface area contributed by atoms with E-state index in [1.165, 1.54) is 93.2 Å². The van der Waals surface area contributed by atoms with E-state index in [2.05, 4.69) is 129 Å². The molecule has 0 spiro atoms. The summed E-state index contributed by atoms with van der Waals surface area (Å²) in [6.07, 6.45) is 16.1. The molecule has 2 atom stereocenters. The number of rotatable bonds is 18. The average molecular weight is 957 g/mol. The number of carboxylic acid groups (broad SMARTS) is 1. The van der Waals surface area contributed by atoms with Crippen molar-refractivity contribution in [1.29, 1.82) is 5.26 Å². The zero-order chi connectivity index (χ0) is 48.1. The molecule has 1 aliphatic heterocycles. The van der Waals surface area contributed by atoms with Crippen LogP contribution in [0, 0.1) is 18.3 Å². The first-order chi connectivity index (χ1) is 34.3. The number of aryl methyl sites for hydroxylation is 3. The first-order valence-electron chi connectivity index (χ1n) is 25.4. The molecule has 0 radical (unpaired) electrons. The molecule has 2 aliphatic rings. The van der Waals surface area contributed by atoms with Crippen molar-refractivity contribution in [2.45, 2.75) is 116 Å². The third-order valence-electron chi connectivity index (χ3n) is 14.4. The lowest BCUT2D eigenvalue weighted by Crippen LogP contribution is -2.26. The van der Waals surface area contributed by atoms with E-state index >= 15 is 0 Å². The van der Waals surface area contributed by atoms with Gasteiger partial charge in [0.15, 0.2) is 0 Å². The summed E-state index contributed by atoms with van der Waals surface area (Å²) in [6, 6.07) is 48.6. The van der Waals surface area contributed by atoms with E-state index in [1.807, 2.05) is 41.7 Å². The van der Waals surface area contributed by atoms with Crippen LogP contribution in [0.2, 0.25) is 0 Å². The molecule has 6 nitrogen and oxygen atoms in total. The Morgan fingerprint density at radius 1 is 0.700 bits per heavy atom. The molecule has 3 aromatic heterocycles. The Morgan fingerprint density at radius 3 is 1.90 bits per heavy atom. The van der Waals surface area contributed by atoms with Gasteiger partial charge in [0.05, 0.1) is 22.4 Å². The number of nitriles is 1. The summed E-state index contributed by atoms with van der Waals surface area (Å²) in [5, 5.41) is 19.8. The van der Waals surface area contributed by atoms with Crippen molar-refractivity contribution in [3.63, 3.8) is 0 Å². The number of hydrogen-bond donors (Lipinski definition) is 1. The lowest BCUT2D eigenvalue weighted by Gasteiger charge is -2.27. The Morgan fingerprint density at radius 2 is 1.30 bits per heavy atom. The number of hydrogen-bond acceptors (Lipinski definition) is 7. The highest BCUT2D eigenvalue weighted by Gasteiger charge is 2.42. The van der Waals surface area contributed by atoms with Gasteiger partial charge in [-0.2, -0.15) is 5.26 Å². The van der Waals surface area contributed by atoms with Crippen molar-refractivity contribution >= 4 is 57.1 Å². The van der Waals surface area contributed by atoms with Crippen molar-refractivity contribution in [1.82, 2.24) is 9.97 Å². The second-order valence-electron chi connectivity index (χ2n) is 19.2. The van der Waals surface area contributed by atoms with Gasteiger partial charge in [-0.3, -0.25) is 0 Å². The molecule has 8 aromatic rings. The van der Waals surface area contributed by atoms with Crippen LogP contribution >= 0.6 is 22.7 Å². The molecule has 0 saturated heterocycles. The van der Waals surface area contributed by atoms with Gasteiger partial charge in [0, 0.05) is 65.1 Å². The number of fused-ring (bicyclic) bond motifs is 4. The van der Waals surface area contributed by atoms with E-state index in [9.17, 15) is 15.2 Å². The number of aromatic nitrogens is 2. The smallest absolute Gasteiger partial charge is 0.346 e. The maximum atomic E-state index is 12.2. The maximum Gasteiger partial charge on any atom is 0.346 e. The van der Waals surface area contributed by atoms with Gasteiger partial charge in [-0.15, -0.1) is 22.7 Å². The number of carboxylic acids is 1. The Bertz CT molecular complexity index is 3230. The molecule has 8 heteroatoms. The van der Waals surface area contributed by atoms with Crippen LogP contribution in [0.15, 0.2) is 133 Å². The largest absolute Gasteiger partial charge is 0.477 e. The monoisotopic (exact) mass is 956 g/mol. The Balaban J connectivity index is 1.16. The van der Waals surface area contributed by atoms with Crippen molar-refractivity contribution in [3.05, 3.63) is 160 Å². The molecular formula is C62H60N4O2S2. The molecule has 1 aliphatic carbocycles. The van der Waals surface area contributed by atoms with Gasteiger partial charge in [0.25, 0.3) is 0 Å². The van der Waals surface area contributed by atoms with Crippen molar-refractivity contribution < 1.29 is 9.90 Å². The van der Waals surface area contributed by atoms with E-state index in [0.717, 1.165) is 105 Å². The van der Waals surface area contributed by atoms with Crippen molar-refractivity contribution in [2.75, 3.05) is 4.90 Å². The predicted octanol–water partition coefficient (Wildman–Crippen LogP) is 17.4. The molecule has 70 heavy (non-hydrogen) atoms. The van der Waals surface area contributed by atoms with Gasteiger partial charge in [0.1, 0.15) is 11.6 Å². The number of unbranched alkanes of at least 4 members (excludes halogenated alkanes) is 6. The number of thiophene rings is 2. The third-order valence-corrected chi connectivity index (χ3v) is 16.8. The molecule has 1 N–H and O–H groups in total. The van der Waals surface area contributed by atoms with E-state index in [4.69, 9.17) is 9.97 Å². The highest BCUT2D eigenvalue weighted by atomic mass is 32.1. The Kier molecular flexibility index (Phi) is 14.2. The zero-order valence-electron chi connectivity index (χ0n) is 40.5. The normalized spacial score (nSPS) is 15.3. The standard InChI is InChI=1S/C62H60N4O2S2/c1-4-6-8-12-23-43-36-55(69-54(43)38-46(39-63)62(67)68)49-32-33-50(60-59(49)64-57(41-19-14-10-15-20-41)58(65-60)42-21-16-11-17-22-42)56-37-44(24-13-9-7-5-2)61(70-56)45-29-34-53-51(35-45)48-25-18-26-52(48)66(53)47-30-27-40(3)28-31-47/h10-11,14-17,19-22,27-38,48,52H,4-9,12-13,18,23-26H2,1-3H3,(H,67,68)/b46-38+. The summed E-state index contributed by atoms with van der Waals surface area (Å²) in [4.78, 5) is 30.4. The maximum absolute atomic E-state index is 12.2. The minimum Gasteiger partial charge on any atom is -0.477 e. The minimum atomic E-state index is -1.22. The summed E-state index contributed by atoms with van der Waals surface area (Å²) >= 11 is 3.41. The van der Waals surface area contributed by atoms with Crippen LogP contribution in [-0.4, -0.2) is 27.1 Å². The van der Waals surface area contributed by atoms with Gasteiger partial charge >= 0.3 is 5.97 Å². The average Bonchev–Trinajstić information content (AvgIpc) is 4.20. The van der Waals surface area contributed by atoms with E-state index < -0.39 is 5.97 Å². The van der Waals surface area contributed by atoms with Gasteiger partial charge in [-0.1, -0.05) is 155 Å². The minimum absolute atomic E-state index is 0.268. The molecule has 2 unspecified atom stereocenters. The van der Waals surface area contributed by atoms with Gasteiger partial charge < -0.3 is 10.0 Å². The molecular weight excluding hydrogens is 897 g/mol. The quantitative estimate of drug-likeness (QED) is 0.0523. The number of aliphatic carboxylic acids is 1. The Labute approximate surface area is 421 Å². The summed E-state index contributed by atoms with van der Waals surface area (Å²) in [7, 11) is 0. The Hall–Kier alpha value is -6.66. The number of benzene rings is 5. The van der Waals surface area contributed by atoms with Crippen LogP contribution in [0.3, 0.4) is 0 Å². The molecule has 1 fully saturated rings. The van der Waals surface area contributed by atoms with E-state index in [0.29, 0.717) is 12.0 Å². The summed E-state index contributed by atoms with van der Waals surface area (Å²) < 4.78 is 0. The fourth-order valence-electron chi connectivity index (χ4n) is 10.8. The van der Waals surface area contributed by atoms with Gasteiger partial charge in [-0.05, 0) is 110 Å². The van der Waals surface area contributed by atoms with Crippen molar-refractivity contribution in [2.24, 2.45) is 0 Å². The first-order valence-corrected chi connectivity index (χ1v) is 27.0. The lowest BCUT2D eigenvalue weighted by molar-refractivity contribution is -0.132. The number of carbonyl (C=O) groups is 1. The van der Waals surface area contributed by atoms with Gasteiger partial charge in [-0.25, -0.2) is 14.8 Å². The fraction of sp³-hybridized carbons (Fsp3) is 0.290. The summed E-state index contributed by atoms with van der Waals surface area (Å²) in [6.45, 7) is 6.64. The van der Waals surface area contributed by atoms with Crippen LogP contribution in [-0.2, 0) is 17.6 Å². The van der Waals surface area contributed by atoms with Crippen LogP contribution in [0.25, 0.3) is 70.9 Å². The topological polar surface area (TPSA) is 90.1 Å². The SMILES string of the molecule is CCCCCCc1cc(-c2ccc(-c3cc(CCCCCC)c(-c4ccc5c(c4)C4CCCC4N5c4ccc(C)cc4)s3)c3nc(-c4ccccc4)c(-c4ccccc4)nc23)sc1/C=C(\C#N)C(=O)O. The first kappa shape index (κ1) is 47.0. The van der Waals surface area contributed by atoms with E-state index in [-0.39, 0.29) is 5.57 Å². The molecule has 4 heterocycles. The van der Waals surface area contributed by atoms with Crippen molar-refractivity contribution in [3.8, 4) is 59.9 Å². The molecule has 5 aromatic carbocycles. The number of anilines is 2. The van der Waals surface area contributed by atoms with Crippen LogP contribution in [0.1, 0.15) is 118 Å². The second-order valence-corrected chi connectivity index (χ2v) is 21.3. The molecule has 0 bridgehead atoms. The fourth-order valence-corrected chi connectivity index (χ4v) is 13.2. The molecule has 1 saturated carbocycles. The number of nitrogens with zero attached hydrogens (tertiary/aromatic N) is 4. The van der Waals surface area contributed by atoms with E-state index in [1.54, 1.807) is 6.08 Å². The van der Waals surface area contributed by atoms with Crippen LogP contribution in [0.5, 0.6) is 0 Å². The molecule has 0 amide bonds.